The number of aryl methyl sites for hydroxylation is 2. The number of hydrogen-bond donors (Lipinski definition) is 2. The number of hydrogen-bond acceptors (Lipinski definition) is 9. The van der Waals surface area contributed by atoms with Gasteiger partial charge in [0.25, 0.3) is 0 Å². The van der Waals surface area contributed by atoms with Crippen LogP contribution in [0.3, 0.4) is 0 Å². The fraction of sp³-hybridized carbons (Fsp3) is 0.103. The Labute approximate surface area is 419 Å². The van der Waals surface area contributed by atoms with Crippen molar-refractivity contribution in [1.29, 1.82) is 0 Å². The summed E-state index contributed by atoms with van der Waals surface area (Å²) in [5.74, 6) is 0.184. The molecular weight excluding hydrogens is 938 g/mol. The third-order valence-corrected chi connectivity index (χ3v) is 13.2. The van der Waals surface area contributed by atoms with E-state index in [1.54, 1.807) is 49.1 Å². The highest BCUT2D eigenvalue weighted by Crippen LogP contribution is 2.39. The molecule has 4 heterocycles. The molecule has 0 saturated heterocycles. The maximum Gasteiger partial charge on any atom is 0.190 e. The second-order valence-corrected chi connectivity index (χ2v) is 17.9. The average molecular weight is 982 g/mol. The van der Waals surface area contributed by atoms with Crippen molar-refractivity contribution in [1.82, 2.24) is 20.3 Å². The van der Waals surface area contributed by atoms with E-state index in [0.29, 0.717) is 67.9 Å². The van der Waals surface area contributed by atoms with Gasteiger partial charge in [0.1, 0.15) is 34.4 Å². The first kappa shape index (κ1) is 46.8. The first-order valence-electron chi connectivity index (χ1n) is 22.8. The van der Waals surface area contributed by atoms with Crippen LogP contribution < -0.4 is 10.6 Å². The van der Waals surface area contributed by atoms with Crippen molar-refractivity contribution in [3.05, 3.63) is 215 Å². The number of halogens is 4. The molecule has 0 radical (unpaired) electrons. The van der Waals surface area contributed by atoms with Crippen LogP contribution in [0.25, 0.3) is 67.2 Å². The molecule has 9 nitrogen and oxygen atoms in total. The Morgan fingerprint density at radius 1 is 0.465 bits per heavy atom. The molecule has 10 rings (SSSR count). The van der Waals surface area contributed by atoms with Crippen LogP contribution in [-0.4, -0.2) is 20.3 Å². The van der Waals surface area contributed by atoms with Crippen molar-refractivity contribution >= 4 is 46.0 Å². The quantitative estimate of drug-likeness (QED) is 0.110. The van der Waals surface area contributed by atoms with Gasteiger partial charge in [0.05, 0.1) is 46.0 Å². The van der Waals surface area contributed by atoms with Crippen molar-refractivity contribution in [2.75, 3.05) is 10.6 Å². The molecule has 10 aromatic rings. The third-order valence-electron chi connectivity index (χ3n) is 12.4. The number of rotatable bonds is 14. The summed E-state index contributed by atoms with van der Waals surface area (Å²) in [5.41, 5.74) is 14.6. The zero-order valence-corrected chi connectivity index (χ0v) is 40.4. The minimum Gasteiger partial charge on any atom is -0.366 e. The molecule has 6 aromatic carbocycles. The van der Waals surface area contributed by atoms with Gasteiger partial charge >= 0.3 is 0 Å². The molecule has 352 valence electrons. The van der Waals surface area contributed by atoms with E-state index >= 15 is 0 Å². The first-order chi connectivity index (χ1) is 34.5. The van der Waals surface area contributed by atoms with E-state index in [9.17, 15) is 8.78 Å². The lowest BCUT2D eigenvalue weighted by molar-refractivity contribution is 0.00587. The standard InChI is InChI=1S/C58H44Cl2F2N6O3/c1-33-55(65-47-27-45(29-63-31-47)49-7-5-9-51(61)53(49)59)57(70-67-33)43-23-19-41(20-24-43)39-15-11-37(12-16-39)35(3)69-36(4)38-13-17-40(18-14-38)42-21-25-44(26-22-42)58-56(34(2)68-71-58)66-48-28-46(30-64-32-48)50-8-6-10-52(62)54(50)60/h5-32,35-36,65-66H,1-4H3. The molecule has 0 spiro atoms. The highest BCUT2D eigenvalue weighted by atomic mass is 35.5. The normalized spacial score (nSPS) is 12.2. The van der Waals surface area contributed by atoms with Crippen LogP contribution in [-0.2, 0) is 4.74 Å². The molecule has 0 aliphatic carbocycles. The van der Waals surface area contributed by atoms with Crippen LogP contribution in [0.15, 0.2) is 179 Å². The van der Waals surface area contributed by atoms with Gasteiger partial charge in [-0.2, -0.15) is 0 Å². The van der Waals surface area contributed by atoms with Gasteiger partial charge in [-0.15, -0.1) is 0 Å². The van der Waals surface area contributed by atoms with Gasteiger partial charge in [0.15, 0.2) is 11.5 Å². The summed E-state index contributed by atoms with van der Waals surface area (Å²) < 4.78 is 46.5. The molecule has 4 aromatic heterocycles. The van der Waals surface area contributed by atoms with E-state index in [1.165, 1.54) is 12.1 Å². The highest BCUT2D eigenvalue weighted by Gasteiger charge is 2.20. The molecule has 0 bridgehead atoms. The lowest BCUT2D eigenvalue weighted by Crippen LogP contribution is -2.05. The van der Waals surface area contributed by atoms with Crippen molar-refractivity contribution in [2.45, 2.75) is 39.9 Å². The average Bonchev–Trinajstić information content (AvgIpc) is 3.95. The summed E-state index contributed by atoms with van der Waals surface area (Å²) in [6.07, 6.45) is 6.35. The number of benzene rings is 6. The second kappa shape index (κ2) is 20.2. The molecule has 2 N–H and O–H groups in total. The number of anilines is 4. The van der Waals surface area contributed by atoms with E-state index in [1.807, 2.05) is 50.2 Å². The van der Waals surface area contributed by atoms with Gasteiger partial charge in [-0.1, -0.05) is 155 Å². The Morgan fingerprint density at radius 3 is 1.20 bits per heavy atom. The fourth-order valence-electron chi connectivity index (χ4n) is 8.47. The lowest BCUT2D eigenvalue weighted by atomic mass is 9.99. The summed E-state index contributed by atoms with van der Waals surface area (Å²) in [6, 6.07) is 46.2. The predicted molar refractivity (Wildman–Crippen MR) is 278 cm³/mol. The Bertz CT molecular complexity index is 3280. The van der Waals surface area contributed by atoms with E-state index in [-0.39, 0.29) is 22.3 Å². The first-order valence-corrected chi connectivity index (χ1v) is 23.6. The van der Waals surface area contributed by atoms with Gasteiger partial charge in [-0.3, -0.25) is 9.97 Å². The number of aromatic nitrogens is 4. The Hall–Kier alpha value is -7.96. The largest absolute Gasteiger partial charge is 0.366 e. The molecule has 0 amide bonds. The molecular formula is C58H44Cl2F2N6O3. The van der Waals surface area contributed by atoms with Crippen LogP contribution in [0.2, 0.25) is 10.0 Å². The molecule has 0 aliphatic heterocycles. The third kappa shape index (κ3) is 9.93. The van der Waals surface area contributed by atoms with Gasteiger partial charge in [-0.05, 0) is 85.3 Å². The molecule has 13 heteroatoms. The summed E-state index contributed by atoms with van der Waals surface area (Å²) >= 11 is 12.5. The van der Waals surface area contributed by atoms with Crippen LogP contribution in [0.1, 0.15) is 48.6 Å². The number of pyridine rings is 2. The van der Waals surface area contributed by atoms with Crippen LogP contribution >= 0.6 is 23.2 Å². The Kier molecular flexibility index (Phi) is 13.3. The minimum absolute atomic E-state index is 0.0430. The van der Waals surface area contributed by atoms with Gasteiger partial charge in [-0.25, -0.2) is 8.78 Å². The predicted octanol–water partition coefficient (Wildman–Crippen LogP) is 17.0. The molecule has 0 fully saturated rings. The molecule has 2 atom stereocenters. The number of nitrogens with zero attached hydrogens (tertiary/aromatic N) is 4. The maximum atomic E-state index is 14.2. The van der Waals surface area contributed by atoms with Crippen LogP contribution in [0.4, 0.5) is 31.5 Å². The van der Waals surface area contributed by atoms with E-state index in [2.05, 4.69) is 118 Å². The summed E-state index contributed by atoms with van der Waals surface area (Å²) in [5, 5.41) is 15.4. The zero-order chi connectivity index (χ0) is 49.2. The van der Waals surface area contributed by atoms with Gasteiger partial charge in [0, 0.05) is 45.8 Å². The molecule has 0 aliphatic rings. The highest BCUT2D eigenvalue weighted by molar-refractivity contribution is 6.33. The maximum absolute atomic E-state index is 14.2. The topological polar surface area (TPSA) is 111 Å². The van der Waals surface area contributed by atoms with Crippen molar-refractivity contribution in [3.63, 3.8) is 0 Å². The molecule has 0 saturated carbocycles. The second-order valence-electron chi connectivity index (χ2n) is 17.1. The Morgan fingerprint density at radius 2 is 0.817 bits per heavy atom. The van der Waals surface area contributed by atoms with Gasteiger partial charge in [0.2, 0.25) is 0 Å². The van der Waals surface area contributed by atoms with Crippen molar-refractivity contribution in [3.8, 4) is 67.2 Å². The van der Waals surface area contributed by atoms with Crippen molar-refractivity contribution in [2.24, 2.45) is 0 Å². The van der Waals surface area contributed by atoms with E-state index in [4.69, 9.17) is 37.0 Å². The summed E-state index contributed by atoms with van der Waals surface area (Å²) in [4.78, 5) is 8.72. The number of nitrogens with one attached hydrogen (secondary N) is 2. The summed E-state index contributed by atoms with van der Waals surface area (Å²) in [6.45, 7) is 7.86. The number of ether oxygens (including phenoxy) is 1. The van der Waals surface area contributed by atoms with Crippen LogP contribution in [0, 0.1) is 25.5 Å². The smallest absolute Gasteiger partial charge is 0.190 e. The van der Waals surface area contributed by atoms with E-state index in [0.717, 1.165) is 44.5 Å². The van der Waals surface area contributed by atoms with E-state index < -0.39 is 11.6 Å². The minimum atomic E-state index is -0.491. The zero-order valence-electron chi connectivity index (χ0n) is 38.8. The monoisotopic (exact) mass is 980 g/mol. The fourth-order valence-corrected chi connectivity index (χ4v) is 8.94. The Balaban J connectivity index is 0.757. The molecule has 71 heavy (non-hydrogen) atoms. The van der Waals surface area contributed by atoms with Gasteiger partial charge < -0.3 is 24.4 Å². The lowest BCUT2D eigenvalue weighted by Gasteiger charge is -2.20. The summed E-state index contributed by atoms with van der Waals surface area (Å²) in [7, 11) is 0. The molecule has 2 unspecified atom stereocenters. The SMILES string of the molecule is Cc1noc(-c2ccc(-c3ccc(C(C)OC(C)c4ccc(-c5ccc(-c6onc(C)c6Nc6cncc(-c7cccc(F)c7Cl)c6)cc5)cc4)cc3)cc2)c1Nc1cncc(-c2cccc(F)c2Cl)c1. The van der Waals surface area contributed by atoms with Crippen LogP contribution in [0.5, 0.6) is 0 Å². The van der Waals surface area contributed by atoms with Crippen molar-refractivity contribution < 1.29 is 22.6 Å².